The second-order valence-electron chi connectivity index (χ2n) is 3.14. The Bertz CT molecular complexity index is 696. The number of rotatable bonds is 1. The molecule has 6 nitrogen and oxygen atoms in total. The fourth-order valence-electron chi connectivity index (χ4n) is 1.39. The Morgan fingerprint density at radius 2 is 1.69 bits per heavy atom. The van der Waals surface area contributed by atoms with Crippen molar-refractivity contribution < 1.29 is 13.5 Å². The molecule has 0 aliphatic carbocycles. The molecule has 3 rings (SSSR count). The van der Waals surface area contributed by atoms with Gasteiger partial charge in [-0.15, -0.1) is 0 Å². The van der Waals surface area contributed by atoms with Crippen molar-refractivity contribution in [2.45, 2.75) is 0 Å². The van der Waals surface area contributed by atoms with Gasteiger partial charge in [0, 0.05) is 16.4 Å². The number of hydrogen-bond donors (Lipinski definition) is 0. The van der Waals surface area contributed by atoms with Gasteiger partial charge in [0.15, 0.2) is 0 Å². The number of aromatic nitrogens is 1. The smallest absolute Gasteiger partial charge is 0.435 e. The van der Waals surface area contributed by atoms with Gasteiger partial charge in [0.05, 0.1) is 0 Å². The summed E-state index contributed by atoms with van der Waals surface area (Å²) >= 11 is 0. The van der Waals surface area contributed by atoms with Crippen LogP contribution in [0.15, 0.2) is 53.4 Å². The van der Waals surface area contributed by atoms with E-state index in [0.29, 0.717) is 10.5 Å². The van der Waals surface area contributed by atoms with E-state index >= 15 is 0 Å². The summed E-state index contributed by atoms with van der Waals surface area (Å²) < 4.78 is 14.4. The first-order valence-corrected chi connectivity index (χ1v) is 4.47. The predicted molar refractivity (Wildman–Crippen MR) is 52.6 cm³/mol. The van der Waals surface area contributed by atoms with Crippen LogP contribution < -0.4 is 11.3 Å². The van der Waals surface area contributed by atoms with E-state index in [1.165, 1.54) is 0 Å². The standard InChI is InChI=1S/C10H5NO5/c12-9-10(13)16-11(15-9)8-5-6-3-1-2-4-7(6)14-8/h1-5H. The molecule has 0 radical (unpaired) electrons. The zero-order valence-electron chi connectivity index (χ0n) is 7.88. The summed E-state index contributed by atoms with van der Waals surface area (Å²) in [5, 5.41) is 0.816. The van der Waals surface area contributed by atoms with E-state index < -0.39 is 11.3 Å². The molecule has 0 saturated carbocycles. The Morgan fingerprint density at radius 1 is 1.00 bits per heavy atom. The van der Waals surface area contributed by atoms with Gasteiger partial charge in [-0.1, -0.05) is 18.2 Å². The molecular formula is C10H5NO5. The number of nitrogens with zero attached hydrogens (tertiary/aromatic N) is 1. The van der Waals surface area contributed by atoms with E-state index in [1.807, 2.05) is 12.1 Å². The molecule has 0 aliphatic heterocycles. The van der Waals surface area contributed by atoms with Gasteiger partial charge < -0.3 is 4.42 Å². The largest absolute Gasteiger partial charge is 0.446 e. The lowest BCUT2D eigenvalue weighted by Gasteiger charge is -1.87. The third-order valence-electron chi connectivity index (χ3n) is 2.09. The molecule has 0 spiro atoms. The van der Waals surface area contributed by atoms with Crippen molar-refractivity contribution in [2.24, 2.45) is 0 Å². The number of hydrogen-bond acceptors (Lipinski definition) is 5. The van der Waals surface area contributed by atoms with Crippen LogP contribution in [0.2, 0.25) is 0 Å². The molecule has 0 saturated heterocycles. The predicted octanol–water partition coefficient (Wildman–Crippen LogP) is 1.13. The van der Waals surface area contributed by atoms with Gasteiger partial charge in [-0.05, 0) is 6.07 Å². The summed E-state index contributed by atoms with van der Waals surface area (Å²) in [5.74, 6) is 0.139. The zero-order valence-corrected chi connectivity index (χ0v) is 7.88. The SMILES string of the molecule is O=c1on(-c2cc3ccccc3o2)oc1=O. The van der Waals surface area contributed by atoms with Crippen molar-refractivity contribution >= 4 is 11.0 Å². The van der Waals surface area contributed by atoms with Crippen molar-refractivity contribution in [3.05, 3.63) is 51.2 Å². The van der Waals surface area contributed by atoms with Crippen molar-refractivity contribution in [3.8, 4) is 5.88 Å². The Hall–Kier alpha value is -2.50. The van der Waals surface area contributed by atoms with Crippen LogP contribution in [0.3, 0.4) is 0 Å². The van der Waals surface area contributed by atoms with Crippen LogP contribution in [0, 0.1) is 0 Å². The van der Waals surface area contributed by atoms with Gasteiger partial charge in [0.1, 0.15) is 5.58 Å². The lowest BCUT2D eigenvalue weighted by molar-refractivity contribution is 0.122. The third kappa shape index (κ3) is 1.20. The van der Waals surface area contributed by atoms with E-state index in [-0.39, 0.29) is 5.88 Å². The molecule has 3 aromatic rings. The lowest BCUT2D eigenvalue weighted by atomic mass is 10.3. The second kappa shape index (κ2) is 2.99. The maximum atomic E-state index is 10.8. The van der Waals surface area contributed by atoms with Crippen LogP contribution in [0.4, 0.5) is 0 Å². The zero-order chi connectivity index (χ0) is 11.1. The average molecular weight is 219 g/mol. The van der Waals surface area contributed by atoms with E-state index in [4.69, 9.17) is 4.42 Å². The fourth-order valence-corrected chi connectivity index (χ4v) is 1.39. The Morgan fingerprint density at radius 3 is 2.38 bits per heavy atom. The Labute approximate surface area is 87.2 Å². The number of para-hydroxylation sites is 1. The molecule has 0 N–H and O–H groups in total. The normalized spacial score (nSPS) is 11.0. The molecular weight excluding hydrogens is 214 g/mol. The molecule has 1 aromatic carbocycles. The highest BCUT2D eigenvalue weighted by Gasteiger charge is 2.11. The first-order chi connectivity index (χ1) is 7.74. The molecule has 0 amide bonds. The topological polar surface area (TPSA) is 78.5 Å². The summed E-state index contributed by atoms with van der Waals surface area (Å²) in [6.45, 7) is 0. The summed E-state index contributed by atoms with van der Waals surface area (Å²) in [4.78, 5) is 22.2. The minimum Gasteiger partial charge on any atom is -0.435 e. The van der Waals surface area contributed by atoms with Crippen LogP contribution in [-0.4, -0.2) is 4.91 Å². The molecule has 2 aromatic heterocycles. The molecule has 0 atom stereocenters. The van der Waals surface area contributed by atoms with Crippen LogP contribution in [-0.2, 0) is 0 Å². The molecule has 0 fully saturated rings. The van der Waals surface area contributed by atoms with Crippen LogP contribution >= 0.6 is 0 Å². The Kier molecular flexibility index (Phi) is 1.64. The third-order valence-corrected chi connectivity index (χ3v) is 2.09. The van der Waals surface area contributed by atoms with Gasteiger partial charge in [0.25, 0.3) is 5.88 Å². The number of furan rings is 1. The van der Waals surface area contributed by atoms with Crippen molar-refractivity contribution in [2.75, 3.05) is 0 Å². The van der Waals surface area contributed by atoms with Crippen LogP contribution in [0.1, 0.15) is 0 Å². The fraction of sp³-hybridized carbons (Fsp3) is 0. The van der Waals surface area contributed by atoms with E-state index in [2.05, 4.69) is 9.05 Å². The summed E-state index contributed by atoms with van der Waals surface area (Å²) in [5.41, 5.74) is -1.53. The summed E-state index contributed by atoms with van der Waals surface area (Å²) in [7, 11) is 0. The average Bonchev–Trinajstić information content (AvgIpc) is 2.83. The van der Waals surface area contributed by atoms with Crippen molar-refractivity contribution in [1.82, 2.24) is 4.91 Å². The highest BCUT2D eigenvalue weighted by Crippen LogP contribution is 2.20. The highest BCUT2D eigenvalue weighted by molar-refractivity contribution is 5.78. The molecule has 6 heteroatoms. The highest BCUT2D eigenvalue weighted by atomic mass is 16.8. The lowest BCUT2D eigenvalue weighted by Crippen LogP contribution is -2.14. The van der Waals surface area contributed by atoms with Crippen LogP contribution in [0.25, 0.3) is 16.9 Å². The molecule has 80 valence electrons. The van der Waals surface area contributed by atoms with E-state index in [9.17, 15) is 9.59 Å². The van der Waals surface area contributed by atoms with Crippen molar-refractivity contribution in [1.29, 1.82) is 0 Å². The Balaban J connectivity index is 2.26. The number of fused-ring (bicyclic) bond motifs is 1. The monoisotopic (exact) mass is 219 g/mol. The first kappa shape index (κ1) is 8.78. The molecule has 0 bridgehead atoms. The molecule has 16 heavy (non-hydrogen) atoms. The minimum absolute atomic E-state index is 0.139. The minimum atomic E-state index is -1.07. The van der Waals surface area contributed by atoms with Crippen molar-refractivity contribution in [3.63, 3.8) is 0 Å². The molecule has 2 heterocycles. The maximum absolute atomic E-state index is 10.8. The summed E-state index contributed by atoms with van der Waals surface area (Å²) in [6, 6.07) is 8.81. The van der Waals surface area contributed by atoms with Gasteiger partial charge in [-0.2, -0.15) is 0 Å². The van der Waals surface area contributed by atoms with E-state index in [0.717, 1.165) is 5.39 Å². The van der Waals surface area contributed by atoms with Gasteiger partial charge in [0.2, 0.25) is 0 Å². The molecule has 0 aliphatic rings. The second-order valence-corrected chi connectivity index (χ2v) is 3.14. The first-order valence-electron chi connectivity index (χ1n) is 4.47. The van der Waals surface area contributed by atoms with Gasteiger partial charge >= 0.3 is 11.3 Å². The van der Waals surface area contributed by atoms with Gasteiger partial charge in [-0.3, -0.25) is 9.05 Å². The summed E-state index contributed by atoms with van der Waals surface area (Å²) in [6.07, 6.45) is 0. The quantitative estimate of drug-likeness (QED) is 0.573. The van der Waals surface area contributed by atoms with Crippen LogP contribution in [0.5, 0.6) is 0 Å². The maximum Gasteiger partial charge on any atom is 0.446 e. The number of benzene rings is 1. The van der Waals surface area contributed by atoms with E-state index in [1.54, 1.807) is 18.2 Å². The molecule has 0 unspecified atom stereocenters. The van der Waals surface area contributed by atoms with Gasteiger partial charge in [-0.25, -0.2) is 9.59 Å².